The summed E-state index contributed by atoms with van der Waals surface area (Å²) in [5.74, 6) is -2.08. The highest BCUT2D eigenvalue weighted by Gasteiger charge is 2.35. The summed E-state index contributed by atoms with van der Waals surface area (Å²) in [6, 6.07) is 3.47. The molecule has 1 aliphatic rings. The van der Waals surface area contributed by atoms with Gasteiger partial charge >= 0.3 is 5.97 Å². The van der Waals surface area contributed by atoms with Crippen LogP contribution in [-0.4, -0.2) is 22.0 Å². The summed E-state index contributed by atoms with van der Waals surface area (Å²) in [5.41, 5.74) is 0.609. The van der Waals surface area contributed by atoms with Crippen LogP contribution in [0.2, 0.25) is 0 Å². The van der Waals surface area contributed by atoms with Gasteiger partial charge in [0.1, 0.15) is 0 Å². The maximum atomic E-state index is 12.1. The van der Waals surface area contributed by atoms with Gasteiger partial charge in [0.15, 0.2) is 0 Å². The van der Waals surface area contributed by atoms with E-state index in [2.05, 4.69) is 10.3 Å². The molecule has 2 atom stereocenters. The summed E-state index contributed by atoms with van der Waals surface area (Å²) in [7, 11) is 0. The van der Waals surface area contributed by atoms with E-state index in [1.54, 1.807) is 24.5 Å². The normalized spacial score (nSPS) is 23.3. The lowest BCUT2D eigenvalue weighted by molar-refractivity contribution is -0.147. The summed E-state index contributed by atoms with van der Waals surface area (Å²) in [5, 5.41) is 11.9. The molecular formula is C13H16N2O3. The third kappa shape index (κ3) is 2.85. The van der Waals surface area contributed by atoms with Crippen LogP contribution in [0.4, 0.5) is 5.69 Å². The number of nitrogens with zero attached hydrogens (tertiary/aromatic N) is 1. The maximum absolute atomic E-state index is 12.1. The number of amides is 1. The molecule has 2 N–H and O–H groups in total. The molecule has 1 aromatic rings. The number of carbonyl (C=O) groups is 2. The van der Waals surface area contributed by atoms with Crippen molar-refractivity contribution < 1.29 is 14.7 Å². The third-order valence-corrected chi connectivity index (χ3v) is 3.35. The van der Waals surface area contributed by atoms with Crippen molar-refractivity contribution >= 4 is 17.6 Å². The zero-order valence-corrected chi connectivity index (χ0v) is 10.0. The monoisotopic (exact) mass is 248 g/mol. The van der Waals surface area contributed by atoms with Crippen LogP contribution >= 0.6 is 0 Å². The number of aliphatic carboxylic acids is 1. The Morgan fingerprint density at radius 3 is 2.61 bits per heavy atom. The lowest BCUT2D eigenvalue weighted by atomic mass is 9.78. The van der Waals surface area contributed by atoms with Gasteiger partial charge in [-0.2, -0.15) is 0 Å². The summed E-state index contributed by atoms with van der Waals surface area (Å²) in [6.07, 6.45) is 6.19. The molecule has 96 valence electrons. The van der Waals surface area contributed by atoms with Crippen molar-refractivity contribution in [3.63, 3.8) is 0 Å². The fraction of sp³-hybridized carbons (Fsp3) is 0.462. The largest absolute Gasteiger partial charge is 0.481 e. The van der Waals surface area contributed by atoms with Gasteiger partial charge < -0.3 is 10.4 Å². The van der Waals surface area contributed by atoms with Gasteiger partial charge in [-0.3, -0.25) is 14.6 Å². The Bertz CT molecular complexity index is 433. The summed E-state index contributed by atoms with van der Waals surface area (Å²) in [6.45, 7) is 0. The lowest BCUT2D eigenvalue weighted by Crippen LogP contribution is -2.36. The van der Waals surface area contributed by atoms with Gasteiger partial charge in [-0.15, -0.1) is 0 Å². The van der Waals surface area contributed by atoms with Crippen LogP contribution in [0.5, 0.6) is 0 Å². The van der Waals surface area contributed by atoms with Crippen molar-refractivity contribution in [1.29, 1.82) is 0 Å². The minimum absolute atomic E-state index is 0.213. The standard InChI is InChI=1S/C13H16N2O3/c16-12(15-9-4-3-7-14-8-9)10-5-1-2-6-11(10)13(17)18/h3-4,7-8,10-11H,1-2,5-6H2,(H,15,16)(H,17,18)/t10-,11-/m1/s1. The average Bonchev–Trinajstić information content (AvgIpc) is 2.40. The van der Waals surface area contributed by atoms with Crippen LogP contribution in [0.15, 0.2) is 24.5 Å². The van der Waals surface area contributed by atoms with Gasteiger partial charge in [0, 0.05) is 6.20 Å². The number of carboxylic acids is 1. The first-order chi connectivity index (χ1) is 8.68. The molecule has 1 aromatic heterocycles. The smallest absolute Gasteiger partial charge is 0.307 e. The van der Waals surface area contributed by atoms with E-state index >= 15 is 0 Å². The van der Waals surface area contributed by atoms with Gasteiger partial charge in [-0.1, -0.05) is 12.8 Å². The average molecular weight is 248 g/mol. The highest BCUT2D eigenvalue weighted by molar-refractivity contribution is 5.95. The number of pyridine rings is 1. The second-order valence-corrected chi connectivity index (χ2v) is 4.57. The molecule has 1 heterocycles. The number of carbonyl (C=O) groups excluding carboxylic acids is 1. The Labute approximate surface area is 105 Å². The first-order valence-corrected chi connectivity index (χ1v) is 6.12. The van der Waals surface area contributed by atoms with E-state index in [9.17, 15) is 9.59 Å². The van der Waals surface area contributed by atoms with E-state index in [4.69, 9.17) is 5.11 Å². The molecule has 0 radical (unpaired) electrons. The fourth-order valence-corrected chi connectivity index (χ4v) is 2.41. The molecule has 1 saturated carbocycles. The van der Waals surface area contributed by atoms with Gasteiger partial charge in [-0.25, -0.2) is 0 Å². The van der Waals surface area contributed by atoms with E-state index in [1.807, 2.05) is 0 Å². The number of hydrogen-bond acceptors (Lipinski definition) is 3. The van der Waals surface area contributed by atoms with Crippen molar-refractivity contribution in [3.05, 3.63) is 24.5 Å². The Morgan fingerprint density at radius 2 is 2.00 bits per heavy atom. The topological polar surface area (TPSA) is 79.3 Å². The predicted molar refractivity (Wildman–Crippen MR) is 66.0 cm³/mol. The number of hydrogen-bond donors (Lipinski definition) is 2. The molecule has 1 fully saturated rings. The predicted octanol–water partition coefficient (Wildman–Crippen LogP) is 1.91. The minimum Gasteiger partial charge on any atom is -0.481 e. The summed E-state index contributed by atoms with van der Waals surface area (Å²) < 4.78 is 0. The minimum atomic E-state index is -0.874. The number of aromatic nitrogens is 1. The molecule has 1 amide bonds. The van der Waals surface area contributed by atoms with Crippen LogP contribution < -0.4 is 5.32 Å². The Balaban J connectivity index is 2.05. The van der Waals surface area contributed by atoms with Crippen molar-refractivity contribution in [2.45, 2.75) is 25.7 Å². The second kappa shape index (κ2) is 5.62. The zero-order valence-electron chi connectivity index (χ0n) is 10.0. The van der Waals surface area contributed by atoms with E-state index in [0.717, 1.165) is 12.8 Å². The van der Waals surface area contributed by atoms with E-state index in [1.165, 1.54) is 0 Å². The molecule has 0 bridgehead atoms. The number of anilines is 1. The van der Waals surface area contributed by atoms with Crippen molar-refractivity contribution in [3.8, 4) is 0 Å². The highest BCUT2D eigenvalue weighted by Crippen LogP contribution is 2.31. The molecule has 0 aromatic carbocycles. The highest BCUT2D eigenvalue weighted by atomic mass is 16.4. The summed E-state index contributed by atoms with van der Waals surface area (Å²) in [4.78, 5) is 27.1. The SMILES string of the molecule is O=C(O)[C@@H]1CCCC[C@H]1C(=O)Nc1cccnc1. The second-order valence-electron chi connectivity index (χ2n) is 4.57. The Hall–Kier alpha value is -1.91. The molecule has 2 rings (SSSR count). The molecule has 5 heteroatoms. The third-order valence-electron chi connectivity index (χ3n) is 3.35. The van der Waals surface area contributed by atoms with Gasteiger partial charge in [0.25, 0.3) is 0 Å². The van der Waals surface area contributed by atoms with Crippen LogP contribution in [0.1, 0.15) is 25.7 Å². The van der Waals surface area contributed by atoms with Crippen LogP contribution in [0.25, 0.3) is 0 Å². The molecule has 5 nitrogen and oxygen atoms in total. The van der Waals surface area contributed by atoms with E-state index < -0.39 is 17.8 Å². The molecule has 18 heavy (non-hydrogen) atoms. The van der Waals surface area contributed by atoms with Crippen molar-refractivity contribution in [2.75, 3.05) is 5.32 Å². The van der Waals surface area contributed by atoms with Crippen LogP contribution in [0, 0.1) is 11.8 Å². The molecule has 0 saturated heterocycles. The zero-order chi connectivity index (χ0) is 13.0. The maximum Gasteiger partial charge on any atom is 0.307 e. The van der Waals surface area contributed by atoms with E-state index in [0.29, 0.717) is 18.5 Å². The molecule has 0 unspecified atom stereocenters. The number of carboxylic acid groups (broad SMARTS) is 1. The number of rotatable bonds is 3. The molecule has 0 spiro atoms. The molecular weight excluding hydrogens is 232 g/mol. The Morgan fingerprint density at radius 1 is 1.28 bits per heavy atom. The lowest BCUT2D eigenvalue weighted by Gasteiger charge is -2.27. The van der Waals surface area contributed by atoms with Crippen molar-refractivity contribution in [2.24, 2.45) is 11.8 Å². The van der Waals surface area contributed by atoms with Crippen molar-refractivity contribution in [1.82, 2.24) is 4.98 Å². The van der Waals surface area contributed by atoms with Crippen LogP contribution in [-0.2, 0) is 9.59 Å². The quantitative estimate of drug-likeness (QED) is 0.856. The van der Waals surface area contributed by atoms with Gasteiger partial charge in [-0.05, 0) is 25.0 Å². The first kappa shape index (κ1) is 12.5. The van der Waals surface area contributed by atoms with Crippen LogP contribution in [0.3, 0.4) is 0 Å². The fourth-order valence-electron chi connectivity index (χ4n) is 2.41. The first-order valence-electron chi connectivity index (χ1n) is 6.12. The van der Waals surface area contributed by atoms with Gasteiger partial charge in [0.05, 0.1) is 23.7 Å². The molecule has 0 aliphatic heterocycles. The number of nitrogens with one attached hydrogen (secondary N) is 1. The molecule has 1 aliphatic carbocycles. The summed E-state index contributed by atoms with van der Waals surface area (Å²) >= 11 is 0. The Kier molecular flexibility index (Phi) is 3.92. The van der Waals surface area contributed by atoms with E-state index in [-0.39, 0.29) is 5.91 Å². The van der Waals surface area contributed by atoms with Gasteiger partial charge in [0.2, 0.25) is 5.91 Å².